The van der Waals surface area contributed by atoms with Gasteiger partial charge in [-0.2, -0.15) is 0 Å². The van der Waals surface area contributed by atoms with Gasteiger partial charge in [-0.05, 0) is 25.7 Å². The Morgan fingerprint density at radius 1 is 1.25 bits per heavy atom. The van der Waals surface area contributed by atoms with E-state index >= 15 is 0 Å². The molecule has 2 amide bonds. The van der Waals surface area contributed by atoms with E-state index in [0.29, 0.717) is 13.1 Å². The molecule has 3 N–H and O–H groups in total. The van der Waals surface area contributed by atoms with Gasteiger partial charge in [-0.1, -0.05) is 6.42 Å². The fourth-order valence-corrected chi connectivity index (χ4v) is 3.11. The minimum atomic E-state index is -0.0249. The number of carbonyl (C=O) groups excluding carboxylic acids is 2. The zero-order valence-corrected chi connectivity index (χ0v) is 12.1. The van der Waals surface area contributed by atoms with E-state index in [4.69, 9.17) is 10.5 Å². The monoisotopic (exact) mass is 283 g/mol. The molecule has 1 aliphatic carbocycles. The largest absolute Gasteiger partial charge is 0.375 e. The summed E-state index contributed by atoms with van der Waals surface area (Å²) < 4.78 is 4.85. The van der Waals surface area contributed by atoms with Crippen molar-refractivity contribution in [1.82, 2.24) is 10.2 Å². The molecule has 0 radical (unpaired) electrons. The Morgan fingerprint density at radius 3 is 2.50 bits per heavy atom. The van der Waals surface area contributed by atoms with Crippen LogP contribution < -0.4 is 11.1 Å². The summed E-state index contributed by atoms with van der Waals surface area (Å²) in [7, 11) is 1.52. The number of nitrogens with zero attached hydrogens (tertiary/aromatic N) is 1. The van der Waals surface area contributed by atoms with Crippen LogP contribution in [-0.2, 0) is 14.3 Å². The highest BCUT2D eigenvalue weighted by Crippen LogP contribution is 2.24. The summed E-state index contributed by atoms with van der Waals surface area (Å²) in [5.74, 6) is 0.0925. The van der Waals surface area contributed by atoms with Crippen molar-refractivity contribution in [1.29, 1.82) is 0 Å². The molecule has 6 heteroatoms. The molecular formula is C14H25N3O3. The van der Waals surface area contributed by atoms with E-state index in [1.807, 2.05) is 0 Å². The Morgan fingerprint density at radius 2 is 1.95 bits per heavy atom. The topological polar surface area (TPSA) is 84.7 Å². The summed E-state index contributed by atoms with van der Waals surface area (Å²) in [5, 5.41) is 3.09. The Balaban J connectivity index is 1.74. The SMILES string of the molecule is COCC(=O)N1CCC(NC(=O)C2CCCC2N)CC1. The van der Waals surface area contributed by atoms with Gasteiger partial charge in [-0.25, -0.2) is 0 Å². The van der Waals surface area contributed by atoms with Crippen molar-refractivity contribution < 1.29 is 14.3 Å². The molecule has 20 heavy (non-hydrogen) atoms. The molecular weight excluding hydrogens is 258 g/mol. The summed E-state index contributed by atoms with van der Waals surface area (Å²) >= 11 is 0. The average molecular weight is 283 g/mol. The smallest absolute Gasteiger partial charge is 0.248 e. The second-order valence-electron chi connectivity index (χ2n) is 5.80. The third-order valence-corrected chi connectivity index (χ3v) is 4.37. The average Bonchev–Trinajstić information content (AvgIpc) is 2.86. The number of ether oxygens (including phenoxy) is 1. The first-order valence-electron chi connectivity index (χ1n) is 7.44. The van der Waals surface area contributed by atoms with E-state index in [9.17, 15) is 9.59 Å². The van der Waals surface area contributed by atoms with Crippen LogP contribution in [0.4, 0.5) is 0 Å². The maximum Gasteiger partial charge on any atom is 0.248 e. The number of piperidine rings is 1. The first-order valence-corrected chi connectivity index (χ1v) is 7.44. The molecule has 2 unspecified atom stereocenters. The molecule has 0 aromatic rings. The Labute approximate surface area is 120 Å². The van der Waals surface area contributed by atoms with Gasteiger partial charge in [0.05, 0.1) is 5.92 Å². The number of rotatable bonds is 4. The standard InChI is InChI=1S/C14H25N3O3/c1-20-9-13(18)17-7-5-10(6-8-17)16-14(19)11-3-2-4-12(11)15/h10-12H,2-9,15H2,1H3,(H,16,19). The van der Waals surface area contributed by atoms with Crippen molar-refractivity contribution in [3.8, 4) is 0 Å². The van der Waals surface area contributed by atoms with E-state index in [2.05, 4.69) is 5.32 Å². The fraction of sp³-hybridized carbons (Fsp3) is 0.857. The maximum absolute atomic E-state index is 12.2. The van der Waals surface area contributed by atoms with Crippen LogP contribution in [0, 0.1) is 5.92 Å². The molecule has 0 aromatic carbocycles. The van der Waals surface area contributed by atoms with Crippen molar-refractivity contribution >= 4 is 11.8 Å². The minimum absolute atomic E-state index is 0.0124. The molecule has 2 aliphatic rings. The van der Waals surface area contributed by atoms with Crippen molar-refractivity contribution in [2.75, 3.05) is 26.8 Å². The van der Waals surface area contributed by atoms with Gasteiger partial charge in [0.2, 0.25) is 11.8 Å². The first kappa shape index (κ1) is 15.3. The van der Waals surface area contributed by atoms with Gasteiger partial charge in [0.25, 0.3) is 0 Å². The van der Waals surface area contributed by atoms with Crippen LogP contribution in [0.2, 0.25) is 0 Å². The van der Waals surface area contributed by atoms with E-state index in [0.717, 1.165) is 32.1 Å². The second-order valence-corrected chi connectivity index (χ2v) is 5.80. The van der Waals surface area contributed by atoms with E-state index in [-0.39, 0.29) is 36.4 Å². The van der Waals surface area contributed by atoms with Crippen LogP contribution in [0.15, 0.2) is 0 Å². The van der Waals surface area contributed by atoms with E-state index in [1.165, 1.54) is 7.11 Å². The lowest BCUT2D eigenvalue weighted by atomic mass is 10.00. The van der Waals surface area contributed by atoms with Crippen molar-refractivity contribution in [2.45, 2.75) is 44.2 Å². The molecule has 1 saturated carbocycles. The Bertz CT molecular complexity index is 354. The number of nitrogens with one attached hydrogen (secondary N) is 1. The number of likely N-dealkylation sites (tertiary alicyclic amines) is 1. The molecule has 0 spiro atoms. The van der Waals surface area contributed by atoms with Gasteiger partial charge in [-0.3, -0.25) is 9.59 Å². The van der Waals surface area contributed by atoms with Gasteiger partial charge in [0.15, 0.2) is 0 Å². The third-order valence-electron chi connectivity index (χ3n) is 4.37. The summed E-state index contributed by atoms with van der Waals surface area (Å²) in [6.45, 7) is 1.50. The number of hydrogen-bond donors (Lipinski definition) is 2. The molecule has 2 atom stereocenters. The van der Waals surface area contributed by atoms with Gasteiger partial charge >= 0.3 is 0 Å². The number of carbonyl (C=O) groups is 2. The molecule has 1 aliphatic heterocycles. The number of nitrogens with two attached hydrogens (primary N) is 1. The predicted octanol–water partition coefficient (Wildman–Crippen LogP) is -0.133. The van der Waals surface area contributed by atoms with Crippen LogP contribution in [0.3, 0.4) is 0 Å². The molecule has 1 heterocycles. The van der Waals surface area contributed by atoms with Crippen molar-refractivity contribution in [2.24, 2.45) is 11.7 Å². The number of hydrogen-bond acceptors (Lipinski definition) is 4. The highest BCUT2D eigenvalue weighted by Gasteiger charge is 2.32. The van der Waals surface area contributed by atoms with E-state index in [1.54, 1.807) is 4.90 Å². The zero-order valence-electron chi connectivity index (χ0n) is 12.1. The zero-order chi connectivity index (χ0) is 14.5. The quantitative estimate of drug-likeness (QED) is 0.752. The molecule has 2 rings (SSSR count). The van der Waals surface area contributed by atoms with Crippen LogP contribution >= 0.6 is 0 Å². The van der Waals surface area contributed by atoms with Gasteiger partial charge in [0, 0.05) is 32.3 Å². The highest BCUT2D eigenvalue weighted by atomic mass is 16.5. The second kappa shape index (κ2) is 7.04. The first-order chi connectivity index (χ1) is 9.61. The Hall–Kier alpha value is -1.14. The predicted molar refractivity (Wildman–Crippen MR) is 74.9 cm³/mol. The lowest BCUT2D eigenvalue weighted by molar-refractivity contribution is -0.136. The third kappa shape index (κ3) is 3.70. The normalized spacial score (nSPS) is 27.6. The summed E-state index contributed by atoms with van der Waals surface area (Å²) in [5.41, 5.74) is 5.95. The van der Waals surface area contributed by atoms with Crippen LogP contribution in [0.1, 0.15) is 32.1 Å². The molecule has 114 valence electrons. The van der Waals surface area contributed by atoms with Crippen LogP contribution in [0.25, 0.3) is 0 Å². The van der Waals surface area contributed by atoms with Gasteiger partial charge in [-0.15, -0.1) is 0 Å². The van der Waals surface area contributed by atoms with Gasteiger partial charge in [0.1, 0.15) is 6.61 Å². The summed E-state index contributed by atoms with van der Waals surface area (Å²) in [6.07, 6.45) is 4.51. The molecule has 6 nitrogen and oxygen atoms in total. The summed E-state index contributed by atoms with van der Waals surface area (Å²) in [4.78, 5) is 25.6. The molecule has 2 fully saturated rings. The lowest BCUT2D eigenvalue weighted by Crippen LogP contribution is -2.49. The van der Waals surface area contributed by atoms with Crippen molar-refractivity contribution in [3.05, 3.63) is 0 Å². The molecule has 1 saturated heterocycles. The Kier molecular flexibility index (Phi) is 5.37. The van der Waals surface area contributed by atoms with E-state index < -0.39 is 0 Å². The number of methoxy groups -OCH3 is 1. The molecule has 0 bridgehead atoms. The van der Waals surface area contributed by atoms with Gasteiger partial charge < -0.3 is 20.7 Å². The van der Waals surface area contributed by atoms with Crippen molar-refractivity contribution in [3.63, 3.8) is 0 Å². The fourth-order valence-electron chi connectivity index (χ4n) is 3.11. The van der Waals surface area contributed by atoms with Crippen LogP contribution in [0.5, 0.6) is 0 Å². The van der Waals surface area contributed by atoms with Crippen LogP contribution in [-0.4, -0.2) is 55.6 Å². The highest BCUT2D eigenvalue weighted by molar-refractivity contribution is 5.80. The molecule has 0 aromatic heterocycles. The minimum Gasteiger partial charge on any atom is -0.375 e. The maximum atomic E-state index is 12.2. The lowest BCUT2D eigenvalue weighted by Gasteiger charge is -2.33. The summed E-state index contributed by atoms with van der Waals surface area (Å²) in [6, 6.07) is 0.181. The number of amides is 2.